The zero-order valence-corrected chi connectivity index (χ0v) is 14.6. The number of hydrogen-bond acceptors (Lipinski definition) is 3. The van der Waals surface area contributed by atoms with Crippen LogP contribution in [0.2, 0.25) is 5.02 Å². The van der Waals surface area contributed by atoms with Crippen molar-refractivity contribution in [3.63, 3.8) is 0 Å². The molecule has 5 nitrogen and oxygen atoms in total. The van der Waals surface area contributed by atoms with Gasteiger partial charge in [-0.2, -0.15) is 0 Å². The van der Waals surface area contributed by atoms with Crippen LogP contribution in [0.1, 0.15) is 15.9 Å². The maximum atomic E-state index is 12.2. The van der Waals surface area contributed by atoms with E-state index in [2.05, 4.69) is 5.32 Å². The average Bonchev–Trinajstić information content (AvgIpc) is 3.20. The van der Waals surface area contributed by atoms with E-state index < -0.39 is 5.97 Å². The van der Waals surface area contributed by atoms with Gasteiger partial charge in [-0.1, -0.05) is 29.8 Å². The summed E-state index contributed by atoms with van der Waals surface area (Å²) in [5, 5.41) is 3.33. The SMILES string of the molecule is O=C(COC(=O)c1cccc(-n2cccc2)c1)NCc1ccc(Cl)cc1. The molecule has 1 aromatic heterocycles. The van der Waals surface area contributed by atoms with Gasteiger partial charge in [-0.25, -0.2) is 4.79 Å². The molecule has 0 bridgehead atoms. The minimum atomic E-state index is -0.541. The molecule has 0 spiro atoms. The second-order valence-corrected chi connectivity index (χ2v) is 6.06. The molecule has 0 atom stereocenters. The second kappa shape index (κ2) is 8.36. The number of carbonyl (C=O) groups excluding carboxylic acids is 2. The number of halogens is 1. The van der Waals surface area contributed by atoms with E-state index in [-0.39, 0.29) is 12.5 Å². The van der Waals surface area contributed by atoms with E-state index >= 15 is 0 Å². The third-order valence-electron chi connectivity index (χ3n) is 3.72. The molecule has 0 fully saturated rings. The Hall–Kier alpha value is -3.05. The summed E-state index contributed by atoms with van der Waals surface area (Å²) in [6.45, 7) is 0.0108. The monoisotopic (exact) mass is 368 g/mol. The lowest BCUT2D eigenvalue weighted by Crippen LogP contribution is -2.28. The molecule has 3 rings (SSSR count). The first-order chi connectivity index (χ1) is 12.6. The fraction of sp³-hybridized carbons (Fsp3) is 0.100. The smallest absolute Gasteiger partial charge is 0.338 e. The number of nitrogens with one attached hydrogen (secondary N) is 1. The predicted octanol–water partition coefficient (Wildman–Crippen LogP) is 3.60. The molecule has 0 unspecified atom stereocenters. The molecule has 1 heterocycles. The van der Waals surface area contributed by atoms with Gasteiger partial charge in [-0.3, -0.25) is 4.79 Å². The van der Waals surface area contributed by atoms with Crippen molar-refractivity contribution in [3.8, 4) is 5.69 Å². The van der Waals surface area contributed by atoms with Gasteiger partial charge in [0.1, 0.15) is 0 Å². The predicted molar refractivity (Wildman–Crippen MR) is 99.4 cm³/mol. The van der Waals surface area contributed by atoms with Crippen molar-refractivity contribution >= 4 is 23.5 Å². The first-order valence-corrected chi connectivity index (χ1v) is 8.41. The van der Waals surface area contributed by atoms with Crippen molar-refractivity contribution in [2.24, 2.45) is 0 Å². The Morgan fingerprint density at radius 1 is 1.00 bits per heavy atom. The zero-order chi connectivity index (χ0) is 18.4. The molecular weight excluding hydrogens is 352 g/mol. The molecule has 0 aliphatic carbocycles. The largest absolute Gasteiger partial charge is 0.452 e. The van der Waals surface area contributed by atoms with Gasteiger partial charge in [-0.05, 0) is 48.0 Å². The van der Waals surface area contributed by atoms with Crippen LogP contribution in [0.4, 0.5) is 0 Å². The zero-order valence-electron chi connectivity index (χ0n) is 13.9. The van der Waals surface area contributed by atoms with Crippen LogP contribution in [-0.2, 0) is 16.1 Å². The third kappa shape index (κ3) is 4.74. The highest BCUT2D eigenvalue weighted by Gasteiger charge is 2.11. The average molecular weight is 369 g/mol. The molecule has 3 aromatic rings. The molecule has 0 aliphatic rings. The minimum Gasteiger partial charge on any atom is -0.452 e. The highest BCUT2D eigenvalue weighted by molar-refractivity contribution is 6.30. The molecule has 26 heavy (non-hydrogen) atoms. The van der Waals surface area contributed by atoms with Gasteiger partial charge in [-0.15, -0.1) is 0 Å². The summed E-state index contributed by atoms with van der Waals surface area (Å²) in [5.74, 6) is -0.907. The van der Waals surface area contributed by atoms with Gasteiger partial charge in [0.2, 0.25) is 0 Å². The number of rotatable bonds is 6. The molecule has 0 aliphatic heterocycles. The van der Waals surface area contributed by atoms with E-state index in [4.69, 9.17) is 16.3 Å². The van der Waals surface area contributed by atoms with Gasteiger partial charge in [0.05, 0.1) is 5.56 Å². The van der Waals surface area contributed by atoms with Crippen LogP contribution in [0.15, 0.2) is 73.1 Å². The van der Waals surface area contributed by atoms with Crippen LogP contribution in [0, 0.1) is 0 Å². The van der Waals surface area contributed by atoms with Crippen molar-refractivity contribution in [1.82, 2.24) is 9.88 Å². The van der Waals surface area contributed by atoms with Crippen molar-refractivity contribution in [2.75, 3.05) is 6.61 Å². The first kappa shape index (κ1) is 17.8. The first-order valence-electron chi connectivity index (χ1n) is 8.03. The number of esters is 1. The summed E-state index contributed by atoms with van der Waals surface area (Å²) in [6.07, 6.45) is 3.77. The lowest BCUT2D eigenvalue weighted by atomic mass is 10.2. The molecule has 1 N–H and O–H groups in total. The van der Waals surface area contributed by atoms with Crippen LogP contribution < -0.4 is 5.32 Å². The number of ether oxygens (including phenoxy) is 1. The molecular formula is C20H17ClN2O3. The summed E-state index contributed by atoms with van der Waals surface area (Å²) in [5.41, 5.74) is 2.15. The minimum absolute atomic E-state index is 0.333. The number of hydrogen-bond donors (Lipinski definition) is 1. The van der Waals surface area contributed by atoms with Gasteiger partial charge in [0.25, 0.3) is 5.91 Å². The van der Waals surface area contributed by atoms with E-state index in [0.717, 1.165) is 11.3 Å². The molecule has 1 amide bonds. The van der Waals surface area contributed by atoms with E-state index in [0.29, 0.717) is 17.1 Å². The normalized spacial score (nSPS) is 10.3. The second-order valence-electron chi connectivity index (χ2n) is 5.62. The van der Waals surface area contributed by atoms with Crippen molar-refractivity contribution in [2.45, 2.75) is 6.54 Å². The maximum absolute atomic E-state index is 12.2. The third-order valence-corrected chi connectivity index (χ3v) is 3.97. The fourth-order valence-electron chi connectivity index (χ4n) is 2.37. The number of nitrogens with zero attached hydrogens (tertiary/aromatic N) is 1. The van der Waals surface area contributed by atoms with Crippen molar-refractivity contribution in [3.05, 3.63) is 89.2 Å². The van der Waals surface area contributed by atoms with E-state index in [9.17, 15) is 9.59 Å². The molecule has 0 radical (unpaired) electrons. The molecule has 0 saturated heterocycles. The molecule has 132 valence electrons. The van der Waals surface area contributed by atoms with Gasteiger partial charge in [0.15, 0.2) is 6.61 Å². The Kier molecular flexibility index (Phi) is 5.71. The lowest BCUT2D eigenvalue weighted by molar-refractivity contribution is -0.124. The number of benzene rings is 2. The van der Waals surface area contributed by atoms with Crippen LogP contribution >= 0.6 is 11.6 Å². The Bertz CT molecular complexity index is 890. The van der Waals surface area contributed by atoms with E-state index in [1.165, 1.54) is 0 Å². The highest BCUT2D eigenvalue weighted by Crippen LogP contribution is 2.12. The summed E-state index contributed by atoms with van der Waals surface area (Å²) >= 11 is 5.81. The fourth-order valence-corrected chi connectivity index (χ4v) is 2.49. The van der Waals surface area contributed by atoms with Gasteiger partial charge >= 0.3 is 5.97 Å². The Morgan fingerprint density at radius 3 is 2.46 bits per heavy atom. The maximum Gasteiger partial charge on any atom is 0.338 e. The lowest BCUT2D eigenvalue weighted by Gasteiger charge is -2.08. The number of carbonyl (C=O) groups is 2. The number of aromatic nitrogens is 1. The molecule has 0 saturated carbocycles. The summed E-state index contributed by atoms with van der Waals surface area (Å²) in [4.78, 5) is 24.0. The molecule has 6 heteroatoms. The summed E-state index contributed by atoms with van der Waals surface area (Å²) < 4.78 is 6.97. The van der Waals surface area contributed by atoms with Gasteiger partial charge in [0, 0.05) is 29.6 Å². The Balaban J connectivity index is 1.51. The van der Waals surface area contributed by atoms with Crippen LogP contribution in [-0.4, -0.2) is 23.1 Å². The highest BCUT2D eigenvalue weighted by atomic mass is 35.5. The van der Waals surface area contributed by atoms with Crippen LogP contribution in [0.3, 0.4) is 0 Å². The Morgan fingerprint density at radius 2 is 1.73 bits per heavy atom. The van der Waals surface area contributed by atoms with E-state index in [1.54, 1.807) is 30.3 Å². The summed E-state index contributed by atoms with van der Waals surface area (Å²) in [7, 11) is 0. The van der Waals surface area contributed by atoms with Crippen molar-refractivity contribution < 1.29 is 14.3 Å². The Labute approximate surface area is 156 Å². The van der Waals surface area contributed by atoms with Gasteiger partial charge < -0.3 is 14.6 Å². The molecule has 2 aromatic carbocycles. The van der Waals surface area contributed by atoms with Crippen LogP contribution in [0.25, 0.3) is 5.69 Å². The van der Waals surface area contributed by atoms with Crippen molar-refractivity contribution in [1.29, 1.82) is 0 Å². The summed E-state index contributed by atoms with van der Waals surface area (Å²) in [6, 6.07) is 18.0. The standard InChI is InChI=1S/C20H17ClN2O3/c21-17-8-6-15(7-9-17)13-22-19(24)14-26-20(25)16-4-3-5-18(12-16)23-10-1-2-11-23/h1-12H,13-14H2,(H,22,24). The van der Waals surface area contributed by atoms with Crippen LogP contribution in [0.5, 0.6) is 0 Å². The topological polar surface area (TPSA) is 60.3 Å². The number of amides is 1. The van der Waals surface area contributed by atoms with E-state index in [1.807, 2.05) is 47.3 Å². The quantitative estimate of drug-likeness (QED) is 0.676.